The minimum absolute atomic E-state index is 0.361. The first-order chi connectivity index (χ1) is 4.27. The van der Waals surface area contributed by atoms with Gasteiger partial charge in [-0.05, 0) is 6.42 Å². The third-order valence-corrected chi connectivity index (χ3v) is 0.839. The smallest absolute Gasteiger partial charge is 0.306 e. The molecular formula is C5H11NO3. The van der Waals surface area contributed by atoms with Crippen LogP contribution >= 0.6 is 0 Å². The molecule has 0 aromatic heterocycles. The Kier molecular flexibility index (Phi) is 5.11. The van der Waals surface area contributed by atoms with Crippen LogP contribution in [0.2, 0.25) is 0 Å². The van der Waals surface area contributed by atoms with E-state index in [1.807, 2.05) is 6.92 Å². The van der Waals surface area contributed by atoms with Gasteiger partial charge in [0.2, 0.25) is 0 Å². The predicted molar refractivity (Wildman–Crippen MR) is 32.7 cm³/mol. The van der Waals surface area contributed by atoms with E-state index in [-0.39, 0.29) is 6.73 Å². The molecule has 0 atom stereocenters. The van der Waals surface area contributed by atoms with Crippen molar-refractivity contribution in [2.45, 2.75) is 19.8 Å². The number of nitrogens with zero attached hydrogens (tertiary/aromatic N) is 1. The van der Waals surface area contributed by atoms with Crippen molar-refractivity contribution in [3.8, 4) is 0 Å². The Balaban J connectivity index is 2.83. The molecule has 0 rings (SSSR count). The molecule has 0 amide bonds. The third-order valence-electron chi connectivity index (χ3n) is 0.839. The zero-order chi connectivity index (χ0) is 7.11. The summed E-state index contributed by atoms with van der Waals surface area (Å²) in [6.07, 6.45) is 1.91. The van der Waals surface area contributed by atoms with E-state index in [0.717, 1.165) is 12.8 Å². The molecule has 54 valence electrons. The molecule has 9 heavy (non-hydrogen) atoms. The fourth-order valence-corrected chi connectivity index (χ4v) is 0.385. The van der Waals surface area contributed by atoms with Crippen LogP contribution in [-0.2, 0) is 4.74 Å². The molecule has 0 N–H and O–H groups in total. The maximum Gasteiger partial charge on any atom is 0.306 e. The van der Waals surface area contributed by atoms with Crippen LogP contribution in [0.4, 0.5) is 0 Å². The summed E-state index contributed by atoms with van der Waals surface area (Å²) in [5, 5.41) is 9.64. The Morgan fingerprint density at radius 2 is 2.33 bits per heavy atom. The number of ether oxygens (including phenoxy) is 1. The Morgan fingerprint density at radius 3 is 2.78 bits per heavy atom. The molecule has 0 aliphatic carbocycles. The molecule has 0 heterocycles. The van der Waals surface area contributed by atoms with E-state index in [1.54, 1.807) is 0 Å². The molecule has 0 aromatic carbocycles. The van der Waals surface area contributed by atoms with Crippen LogP contribution in [0, 0.1) is 10.1 Å². The number of hydrogen-bond acceptors (Lipinski definition) is 3. The Labute approximate surface area is 54.0 Å². The van der Waals surface area contributed by atoms with Gasteiger partial charge in [0.1, 0.15) is 0 Å². The van der Waals surface area contributed by atoms with Crippen LogP contribution < -0.4 is 0 Å². The molecular weight excluding hydrogens is 122 g/mol. The van der Waals surface area contributed by atoms with Gasteiger partial charge in [-0.15, -0.1) is 0 Å². The largest absolute Gasteiger partial charge is 0.320 e. The summed E-state index contributed by atoms with van der Waals surface area (Å²) in [6, 6.07) is 0. The SMILES string of the molecule is CCCCOC[N+](=O)[O-]. The second-order valence-corrected chi connectivity index (χ2v) is 1.72. The summed E-state index contributed by atoms with van der Waals surface area (Å²) >= 11 is 0. The monoisotopic (exact) mass is 133 g/mol. The second-order valence-electron chi connectivity index (χ2n) is 1.72. The lowest BCUT2D eigenvalue weighted by molar-refractivity contribution is -0.526. The van der Waals surface area contributed by atoms with Crippen molar-refractivity contribution in [1.29, 1.82) is 0 Å². The molecule has 0 saturated carbocycles. The lowest BCUT2D eigenvalue weighted by atomic mass is 10.4. The van der Waals surface area contributed by atoms with Crippen molar-refractivity contribution >= 4 is 0 Å². The van der Waals surface area contributed by atoms with Gasteiger partial charge >= 0.3 is 6.73 Å². The topological polar surface area (TPSA) is 52.4 Å². The average Bonchev–Trinajstić information content (AvgIpc) is 1.80. The average molecular weight is 133 g/mol. The van der Waals surface area contributed by atoms with Gasteiger partial charge in [-0.1, -0.05) is 13.3 Å². The summed E-state index contributed by atoms with van der Waals surface area (Å²) < 4.78 is 4.64. The lowest BCUT2D eigenvalue weighted by Crippen LogP contribution is -2.05. The second kappa shape index (κ2) is 5.50. The molecule has 0 aliphatic rings. The van der Waals surface area contributed by atoms with Crippen LogP contribution in [-0.4, -0.2) is 18.3 Å². The normalized spacial score (nSPS) is 9.44. The fraction of sp³-hybridized carbons (Fsp3) is 1.00. The highest BCUT2D eigenvalue weighted by Crippen LogP contribution is 1.86. The van der Waals surface area contributed by atoms with Crippen molar-refractivity contribution < 1.29 is 9.66 Å². The molecule has 0 aromatic rings. The van der Waals surface area contributed by atoms with Gasteiger partial charge in [-0.2, -0.15) is 0 Å². The van der Waals surface area contributed by atoms with Crippen molar-refractivity contribution in [1.82, 2.24) is 0 Å². The maximum atomic E-state index is 9.64. The van der Waals surface area contributed by atoms with E-state index < -0.39 is 4.92 Å². The van der Waals surface area contributed by atoms with E-state index in [0.29, 0.717) is 6.61 Å². The van der Waals surface area contributed by atoms with Gasteiger partial charge in [0.25, 0.3) is 0 Å². The fourth-order valence-electron chi connectivity index (χ4n) is 0.385. The maximum absolute atomic E-state index is 9.64. The molecule has 0 aliphatic heterocycles. The van der Waals surface area contributed by atoms with Crippen molar-refractivity contribution in [2.24, 2.45) is 0 Å². The highest BCUT2D eigenvalue weighted by molar-refractivity contribution is 4.27. The minimum Gasteiger partial charge on any atom is -0.320 e. The Hall–Kier alpha value is -0.640. The van der Waals surface area contributed by atoms with Crippen LogP contribution in [0.15, 0.2) is 0 Å². The van der Waals surface area contributed by atoms with Crippen molar-refractivity contribution in [2.75, 3.05) is 13.3 Å². The highest BCUT2D eigenvalue weighted by atomic mass is 16.7. The first-order valence-corrected chi connectivity index (χ1v) is 2.97. The van der Waals surface area contributed by atoms with Crippen molar-refractivity contribution in [3.05, 3.63) is 10.1 Å². The predicted octanol–water partition coefficient (Wildman–Crippen LogP) is 1.04. The zero-order valence-corrected chi connectivity index (χ0v) is 5.50. The molecule has 0 radical (unpaired) electrons. The van der Waals surface area contributed by atoms with Gasteiger partial charge in [0, 0.05) is 4.92 Å². The third kappa shape index (κ3) is 7.36. The first kappa shape index (κ1) is 8.36. The number of nitro groups is 1. The summed E-state index contributed by atoms with van der Waals surface area (Å²) in [5.74, 6) is 0. The zero-order valence-electron chi connectivity index (χ0n) is 5.50. The van der Waals surface area contributed by atoms with Crippen LogP contribution in [0.5, 0.6) is 0 Å². The van der Waals surface area contributed by atoms with Gasteiger partial charge in [0.05, 0.1) is 6.61 Å². The summed E-state index contributed by atoms with van der Waals surface area (Å²) in [6.45, 7) is 2.15. The molecule has 4 heteroatoms. The van der Waals surface area contributed by atoms with Gasteiger partial charge in [-0.25, -0.2) is 0 Å². The molecule has 0 unspecified atom stereocenters. The van der Waals surface area contributed by atoms with E-state index in [4.69, 9.17) is 0 Å². The van der Waals surface area contributed by atoms with E-state index >= 15 is 0 Å². The summed E-state index contributed by atoms with van der Waals surface area (Å²) in [7, 11) is 0. The Morgan fingerprint density at radius 1 is 1.67 bits per heavy atom. The molecule has 0 bridgehead atoms. The molecule has 0 saturated heterocycles. The highest BCUT2D eigenvalue weighted by Gasteiger charge is 1.92. The first-order valence-electron chi connectivity index (χ1n) is 2.97. The van der Waals surface area contributed by atoms with Gasteiger partial charge in [0.15, 0.2) is 0 Å². The number of rotatable bonds is 5. The molecule has 0 fully saturated rings. The summed E-state index contributed by atoms with van der Waals surface area (Å²) in [5.41, 5.74) is 0. The Bertz CT molecular complexity index is 84.3. The number of hydrogen-bond donors (Lipinski definition) is 0. The van der Waals surface area contributed by atoms with E-state index in [2.05, 4.69) is 4.74 Å². The number of unbranched alkanes of at least 4 members (excludes halogenated alkanes) is 1. The lowest BCUT2D eigenvalue weighted by Gasteiger charge is -1.94. The summed E-state index contributed by atoms with van der Waals surface area (Å²) in [4.78, 5) is 9.17. The molecule has 4 nitrogen and oxygen atoms in total. The van der Waals surface area contributed by atoms with Crippen LogP contribution in [0.3, 0.4) is 0 Å². The quantitative estimate of drug-likeness (QED) is 0.243. The van der Waals surface area contributed by atoms with Crippen LogP contribution in [0.1, 0.15) is 19.8 Å². The van der Waals surface area contributed by atoms with Gasteiger partial charge in [-0.3, -0.25) is 10.1 Å². The standard InChI is InChI=1S/C5H11NO3/c1-2-3-4-9-5-6(7)8/h2-5H2,1H3. The minimum atomic E-state index is -0.477. The van der Waals surface area contributed by atoms with Gasteiger partial charge < -0.3 is 4.74 Å². The van der Waals surface area contributed by atoms with E-state index in [9.17, 15) is 10.1 Å². The van der Waals surface area contributed by atoms with Crippen LogP contribution in [0.25, 0.3) is 0 Å². The molecule has 0 spiro atoms. The van der Waals surface area contributed by atoms with E-state index in [1.165, 1.54) is 0 Å². The van der Waals surface area contributed by atoms with Crippen molar-refractivity contribution in [3.63, 3.8) is 0 Å².